The molecule has 1 saturated carbocycles. The van der Waals surface area contributed by atoms with Gasteiger partial charge in [0, 0.05) is 17.2 Å². The Morgan fingerprint density at radius 1 is 1.18 bits per heavy atom. The number of carbonyl (C=O) groups excluding carboxylic acids is 2. The fourth-order valence-electron chi connectivity index (χ4n) is 4.39. The zero-order valence-corrected chi connectivity index (χ0v) is 19.8. The number of sulfone groups is 1. The summed E-state index contributed by atoms with van der Waals surface area (Å²) < 4.78 is 36.3. The van der Waals surface area contributed by atoms with E-state index in [0.29, 0.717) is 40.0 Å². The van der Waals surface area contributed by atoms with Gasteiger partial charge in [0.05, 0.1) is 41.3 Å². The molecule has 1 unspecified atom stereocenters. The summed E-state index contributed by atoms with van der Waals surface area (Å²) in [6, 6.07) is 8.06. The molecule has 178 valence electrons. The number of aromatic nitrogens is 3. The minimum atomic E-state index is -3.12. The highest BCUT2D eigenvalue weighted by Crippen LogP contribution is 2.41. The molecule has 1 aromatic carbocycles. The molecule has 0 N–H and O–H groups in total. The van der Waals surface area contributed by atoms with Crippen molar-refractivity contribution >= 4 is 32.6 Å². The van der Waals surface area contributed by atoms with Gasteiger partial charge < -0.3 is 9.47 Å². The van der Waals surface area contributed by atoms with E-state index in [4.69, 9.17) is 14.5 Å². The third-order valence-electron chi connectivity index (χ3n) is 6.35. The van der Waals surface area contributed by atoms with Crippen molar-refractivity contribution in [3.8, 4) is 5.75 Å². The first-order valence-electron chi connectivity index (χ1n) is 11.2. The minimum absolute atomic E-state index is 0.00732. The highest BCUT2D eigenvalue weighted by molar-refractivity contribution is 7.91. The lowest BCUT2D eigenvalue weighted by molar-refractivity contribution is 0.0476. The van der Waals surface area contributed by atoms with Gasteiger partial charge in [0.1, 0.15) is 5.75 Å². The highest BCUT2D eigenvalue weighted by atomic mass is 32.2. The van der Waals surface area contributed by atoms with E-state index in [9.17, 15) is 18.0 Å². The Balaban J connectivity index is 1.46. The largest absolute Gasteiger partial charge is 0.497 e. The molecule has 2 fully saturated rings. The van der Waals surface area contributed by atoms with E-state index in [1.54, 1.807) is 41.9 Å². The van der Waals surface area contributed by atoms with E-state index >= 15 is 0 Å². The predicted molar refractivity (Wildman–Crippen MR) is 124 cm³/mol. The van der Waals surface area contributed by atoms with Crippen LogP contribution < -0.4 is 4.74 Å². The van der Waals surface area contributed by atoms with Crippen molar-refractivity contribution in [1.82, 2.24) is 14.8 Å². The Hall–Kier alpha value is -3.27. The van der Waals surface area contributed by atoms with Gasteiger partial charge in [-0.3, -0.25) is 4.79 Å². The molecule has 2 aromatic heterocycles. The van der Waals surface area contributed by atoms with Gasteiger partial charge in [0.25, 0.3) is 0 Å². The van der Waals surface area contributed by atoms with E-state index in [1.165, 1.54) is 7.11 Å². The SMILES string of the molecule is COc1cccc(C(=O)COC(=O)c2cc(C3CC3)nc3c2c(C)nn3C2CCS(=O)(=O)C2)c1. The maximum Gasteiger partial charge on any atom is 0.339 e. The molecular formula is C24H25N3O6S. The molecule has 0 spiro atoms. The number of hydrogen-bond acceptors (Lipinski definition) is 8. The van der Waals surface area contributed by atoms with Crippen molar-refractivity contribution in [3.63, 3.8) is 0 Å². The fourth-order valence-corrected chi connectivity index (χ4v) is 6.09. The molecule has 10 heteroatoms. The minimum Gasteiger partial charge on any atom is -0.497 e. The molecule has 1 saturated heterocycles. The van der Waals surface area contributed by atoms with Gasteiger partial charge in [-0.2, -0.15) is 5.10 Å². The van der Waals surface area contributed by atoms with Gasteiger partial charge >= 0.3 is 5.97 Å². The summed E-state index contributed by atoms with van der Waals surface area (Å²) in [5.41, 5.74) is 2.52. The Labute approximate surface area is 197 Å². The standard InChI is InChI=1S/C24H25N3O6S/c1-14-22-19(24(29)33-12-21(28)16-4-3-5-18(10-16)32-2)11-20(15-6-7-15)25-23(22)27(26-14)17-8-9-34(30,31)13-17/h3-5,10-11,15,17H,6-9,12-13H2,1-2H3. The number of esters is 1. The number of hydrogen-bond donors (Lipinski definition) is 0. The Morgan fingerprint density at radius 3 is 2.65 bits per heavy atom. The number of nitrogens with zero attached hydrogens (tertiary/aromatic N) is 3. The van der Waals surface area contributed by atoms with Crippen LogP contribution in [0.3, 0.4) is 0 Å². The van der Waals surface area contributed by atoms with Gasteiger partial charge in [-0.15, -0.1) is 0 Å². The van der Waals surface area contributed by atoms with E-state index in [-0.39, 0.29) is 29.2 Å². The normalized spacial score (nSPS) is 19.3. The van der Waals surface area contributed by atoms with E-state index in [2.05, 4.69) is 5.10 Å². The van der Waals surface area contributed by atoms with Crippen LogP contribution in [0, 0.1) is 6.92 Å². The van der Waals surface area contributed by atoms with Crippen LogP contribution in [0.4, 0.5) is 0 Å². The predicted octanol–water partition coefficient (Wildman–Crippen LogP) is 3.03. The van der Waals surface area contributed by atoms with Gasteiger partial charge in [-0.1, -0.05) is 12.1 Å². The van der Waals surface area contributed by atoms with Crippen LogP contribution in [0.1, 0.15) is 63.3 Å². The molecule has 3 heterocycles. The van der Waals surface area contributed by atoms with Crippen LogP contribution in [0.5, 0.6) is 5.75 Å². The van der Waals surface area contributed by atoms with Crippen molar-refractivity contribution in [2.45, 2.75) is 38.1 Å². The summed E-state index contributed by atoms with van der Waals surface area (Å²) in [4.78, 5) is 30.5. The third kappa shape index (κ3) is 4.29. The van der Waals surface area contributed by atoms with E-state index in [0.717, 1.165) is 18.5 Å². The average Bonchev–Trinajstić information content (AvgIpc) is 3.55. The van der Waals surface area contributed by atoms with Crippen LogP contribution in [-0.4, -0.2) is 60.2 Å². The highest BCUT2D eigenvalue weighted by Gasteiger charge is 2.34. The first-order valence-corrected chi connectivity index (χ1v) is 13.0. The topological polar surface area (TPSA) is 117 Å². The molecular weight excluding hydrogens is 458 g/mol. The van der Waals surface area contributed by atoms with Crippen LogP contribution >= 0.6 is 0 Å². The van der Waals surface area contributed by atoms with Gasteiger partial charge in [-0.25, -0.2) is 22.9 Å². The van der Waals surface area contributed by atoms with Crippen LogP contribution in [-0.2, 0) is 14.6 Å². The summed E-state index contributed by atoms with van der Waals surface area (Å²) in [5, 5.41) is 5.10. The average molecular weight is 484 g/mol. The fraction of sp³-hybridized carbons (Fsp3) is 0.417. The van der Waals surface area contributed by atoms with Crippen molar-refractivity contribution in [1.29, 1.82) is 0 Å². The quantitative estimate of drug-likeness (QED) is 0.372. The summed E-state index contributed by atoms with van der Waals surface area (Å²) in [7, 11) is -1.61. The number of carbonyl (C=O) groups is 2. The Kier molecular flexibility index (Phi) is 5.63. The second kappa shape index (κ2) is 8.50. The summed E-state index contributed by atoms with van der Waals surface area (Å²) in [6.45, 7) is 1.35. The number of methoxy groups -OCH3 is 1. The van der Waals surface area contributed by atoms with Gasteiger partial charge in [-0.05, 0) is 44.4 Å². The lowest BCUT2D eigenvalue weighted by Crippen LogP contribution is -2.16. The summed E-state index contributed by atoms with van der Waals surface area (Å²) >= 11 is 0. The number of ketones is 1. The molecule has 1 atom stereocenters. The number of ether oxygens (including phenoxy) is 2. The molecule has 34 heavy (non-hydrogen) atoms. The van der Waals surface area contributed by atoms with Crippen LogP contribution in [0.25, 0.3) is 11.0 Å². The first-order chi connectivity index (χ1) is 16.3. The number of benzene rings is 1. The van der Waals surface area contributed by atoms with Crippen LogP contribution in [0.2, 0.25) is 0 Å². The number of pyridine rings is 1. The van der Waals surface area contributed by atoms with Crippen molar-refractivity contribution in [2.75, 3.05) is 25.2 Å². The maximum atomic E-state index is 13.1. The summed E-state index contributed by atoms with van der Waals surface area (Å²) in [6.07, 6.45) is 2.42. The molecule has 5 rings (SSSR count). The van der Waals surface area contributed by atoms with Gasteiger partial charge in [0.2, 0.25) is 0 Å². The van der Waals surface area contributed by atoms with Crippen molar-refractivity contribution < 1.29 is 27.5 Å². The molecule has 0 bridgehead atoms. The number of aryl methyl sites for hydroxylation is 1. The molecule has 1 aliphatic carbocycles. The lowest BCUT2D eigenvalue weighted by Gasteiger charge is -2.12. The molecule has 3 aromatic rings. The second-order valence-corrected chi connectivity index (χ2v) is 11.1. The third-order valence-corrected chi connectivity index (χ3v) is 8.10. The zero-order valence-electron chi connectivity index (χ0n) is 19.0. The van der Waals surface area contributed by atoms with Crippen molar-refractivity contribution in [2.24, 2.45) is 0 Å². The van der Waals surface area contributed by atoms with Gasteiger partial charge in [0.15, 0.2) is 27.9 Å². The molecule has 1 aliphatic heterocycles. The number of fused-ring (bicyclic) bond motifs is 1. The number of rotatable bonds is 7. The van der Waals surface area contributed by atoms with E-state index in [1.807, 2.05) is 0 Å². The molecule has 2 aliphatic rings. The second-order valence-electron chi connectivity index (χ2n) is 8.89. The zero-order chi connectivity index (χ0) is 24.0. The first kappa shape index (κ1) is 22.5. The Morgan fingerprint density at radius 2 is 1.97 bits per heavy atom. The lowest BCUT2D eigenvalue weighted by atomic mass is 10.1. The summed E-state index contributed by atoms with van der Waals surface area (Å²) in [5.74, 6) is -0.0603. The molecule has 9 nitrogen and oxygen atoms in total. The Bertz CT molecular complexity index is 1410. The van der Waals surface area contributed by atoms with Crippen LogP contribution in [0.15, 0.2) is 30.3 Å². The van der Waals surface area contributed by atoms with E-state index < -0.39 is 22.4 Å². The smallest absolute Gasteiger partial charge is 0.339 e. The van der Waals surface area contributed by atoms with Crippen molar-refractivity contribution in [3.05, 3.63) is 52.8 Å². The molecule has 0 radical (unpaired) electrons. The number of Topliss-reactive ketones (excluding diaryl/α,β-unsaturated/α-hetero) is 1. The maximum absolute atomic E-state index is 13.1. The molecule has 0 amide bonds. The monoisotopic (exact) mass is 483 g/mol.